The number of aliphatic hydroxyl groups excluding tert-OH is 1. The molecule has 12 heteroatoms. The molecule has 284 valence electrons. The maximum absolute atomic E-state index is 14.0. The quantitative estimate of drug-likeness (QED) is 0.178. The third-order valence-electron chi connectivity index (χ3n) is 10.4. The van der Waals surface area contributed by atoms with E-state index in [1.807, 2.05) is 102 Å². The lowest BCUT2D eigenvalue weighted by Crippen LogP contribution is -2.69. The lowest BCUT2D eigenvalue weighted by atomic mass is 10.1. The molecule has 1 aliphatic rings. The van der Waals surface area contributed by atoms with Crippen molar-refractivity contribution >= 4 is 37.4 Å². The average molecular weight is 771 g/mol. The van der Waals surface area contributed by atoms with Crippen molar-refractivity contribution < 1.29 is 27.5 Å². The highest BCUT2D eigenvalue weighted by atomic mass is 28.4. The molecule has 8 nitrogen and oxygen atoms in total. The number of H-pyrrole nitrogens is 1. The number of hydrogen-bond acceptors (Lipinski definition) is 6. The van der Waals surface area contributed by atoms with Crippen LogP contribution in [0.1, 0.15) is 59.8 Å². The summed E-state index contributed by atoms with van der Waals surface area (Å²) in [6.45, 7) is 12.7. The fourth-order valence-electron chi connectivity index (χ4n) is 7.94. The lowest BCUT2D eigenvalue weighted by molar-refractivity contribution is -0.0528. The van der Waals surface area contributed by atoms with Crippen LogP contribution < -0.4 is 32.0 Å². The van der Waals surface area contributed by atoms with Gasteiger partial charge in [0.15, 0.2) is 6.23 Å². The number of halogens is 2. The third-order valence-corrected chi connectivity index (χ3v) is 20.5. The zero-order valence-electron chi connectivity index (χ0n) is 31.4. The second-order valence-corrected chi connectivity index (χ2v) is 24.4. The van der Waals surface area contributed by atoms with E-state index in [9.17, 15) is 23.5 Å². The Balaban J connectivity index is 1.53. The fourth-order valence-corrected chi connectivity index (χ4v) is 17.2. The summed E-state index contributed by atoms with van der Waals surface area (Å²) >= 11 is 0. The molecule has 1 saturated heterocycles. The van der Waals surface area contributed by atoms with Crippen LogP contribution in [0, 0.1) is 0 Å². The van der Waals surface area contributed by atoms with Crippen LogP contribution in [0.4, 0.5) is 8.78 Å². The summed E-state index contributed by atoms with van der Waals surface area (Å²) in [6, 6.07) is 39.9. The van der Waals surface area contributed by atoms with Crippen LogP contribution >= 0.6 is 0 Å². The summed E-state index contributed by atoms with van der Waals surface area (Å²) < 4.78 is 50.2. The minimum absolute atomic E-state index is 0.0660. The lowest BCUT2D eigenvalue weighted by Gasteiger charge is -2.46. The van der Waals surface area contributed by atoms with Crippen LogP contribution in [0.3, 0.4) is 0 Å². The van der Waals surface area contributed by atoms with Crippen molar-refractivity contribution in [2.24, 2.45) is 0 Å². The van der Waals surface area contributed by atoms with Crippen molar-refractivity contribution in [3.8, 4) is 0 Å². The highest BCUT2D eigenvalue weighted by molar-refractivity contribution is 7.00. The Labute approximate surface area is 316 Å². The van der Waals surface area contributed by atoms with Gasteiger partial charge in [0.05, 0.1) is 12.2 Å². The Morgan fingerprint density at radius 1 is 0.722 bits per heavy atom. The minimum atomic E-state index is -3.37. The number of nitrogens with zero attached hydrogens (tertiary/aromatic N) is 1. The van der Waals surface area contributed by atoms with Gasteiger partial charge in [0.25, 0.3) is 28.6 Å². The molecular formula is C42H48F2N2O6Si2. The SMILES string of the molecule is CC(C)(C)[Si](OC[C@H]1O[C@@H](n2cc(C(F)F)c(=O)[nH]c2=O)[C@@H](O)[C@@H]1O[Si](c1ccccc1)(c1ccccc1)C(C)(C)C)(c1ccccc1)c1ccccc1. The number of aromatic nitrogens is 2. The highest BCUT2D eigenvalue weighted by Crippen LogP contribution is 2.43. The summed E-state index contributed by atoms with van der Waals surface area (Å²) in [5, 5.41) is 15.4. The van der Waals surface area contributed by atoms with E-state index in [1.165, 1.54) is 0 Å². The molecule has 5 aromatic rings. The first kappa shape index (κ1) is 39.4. The van der Waals surface area contributed by atoms with Crippen LogP contribution in [0.25, 0.3) is 0 Å². The minimum Gasteiger partial charge on any atom is -0.405 e. The standard InChI is InChI=1S/C42H48F2N2O6Si2/c1-41(2,3)53(29-19-11-7-12-20-29,30-21-13-8-14-22-30)50-28-34-36(35(47)39(51-34)46-27-33(37(43)44)38(48)45-40(46)49)52-54(42(4,5)6,31-23-15-9-16-24-31)32-25-17-10-18-26-32/h7-27,34-37,39,47H,28H2,1-6H3,(H,45,48,49)/t34-,35+,36-,39-/m1/s1. The number of alkyl halides is 2. The van der Waals surface area contributed by atoms with Crippen LogP contribution in [-0.4, -0.2) is 56.2 Å². The molecule has 6 rings (SSSR count). The van der Waals surface area contributed by atoms with Crippen LogP contribution in [-0.2, 0) is 13.6 Å². The first-order valence-electron chi connectivity index (χ1n) is 18.1. The number of ether oxygens (including phenoxy) is 1. The number of aliphatic hydroxyl groups is 1. The number of rotatable bonds is 11. The fraction of sp³-hybridized carbons (Fsp3) is 0.333. The molecular weight excluding hydrogens is 723 g/mol. The van der Waals surface area contributed by atoms with Gasteiger partial charge in [0.2, 0.25) is 0 Å². The molecule has 0 saturated carbocycles. The van der Waals surface area contributed by atoms with E-state index in [-0.39, 0.29) is 6.61 Å². The van der Waals surface area contributed by atoms with Crippen molar-refractivity contribution in [2.75, 3.05) is 6.61 Å². The second kappa shape index (κ2) is 15.4. The average Bonchev–Trinajstić information content (AvgIpc) is 3.44. The van der Waals surface area contributed by atoms with E-state index in [4.69, 9.17) is 13.6 Å². The van der Waals surface area contributed by atoms with Gasteiger partial charge in [-0.25, -0.2) is 13.6 Å². The van der Waals surface area contributed by atoms with Gasteiger partial charge in [0.1, 0.15) is 18.3 Å². The zero-order chi connectivity index (χ0) is 38.9. The summed E-state index contributed by atoms with van der Waals surface area (Å²) in [7, 11) is -6.52. The molecule has 4 aromatic carbocycles. The van der Waals surface area contributed by atoms with Crippen molar-refractivity contribution in [2.45, 2.75) is 82.6 Å². The maximum Gasteiger partial charge on any atom is 0.330 e. The summed E-state index contributed by atoms with van der Waals surface area (Å²) in [5.74, 6) is 0. The largest absolute Gasteiger partial charge is 0.405 e. The van der Waals surface area contributed by atoms with Gasteiger partial charge in [-0.05, 0) is 30.8 Å². The van der Waals surface area contributed by atoms with Crippen LogP contribution in [0.15, 0.2) is 137 Å². The molecule has 0 aliphatic carbocycles. The molecule has 4 atom stereocenters. The van der Waals surface area contributed by atoms with Gasteiger partial charge in [-0.3, -0.25) is 14.3 Å². The smallest absolute Gasteiger partial charge is 0.330 e. The topological polar surface area (TPSA) is 103 Å². The number of benzene rings is 4. The van der Waals surface area contributed by atoms with Crippen molar-refractivity contribution in [1.82, 2.24) is 9.55 Å². The van der Waals surface area contributed by atoms with E-state index in [1.54, 1.807) is 0 Å². The summed E-state index contributed by atoms with van der Waals surface area (Å²) in [6.07, 6.45) is -7.50. The van der Waals surface area contributed by atoms with Gasteiger partial charge < -0.3 is 18.7 Å². The molecule has 54 heavy (non-hydrogen) atoms. The van der Waals surface area contributed by atoms with Crippen LogP contribution in [0.2, 0.25) is 10.1 Å². The molecule has 0 bridgehead atoms. The van der Waals surface area contributed by atoms with Crippen LogP contribution in [0.5, 0.6) is 0 Å². The van der Waals surface area contributed by atoms with E-state index >= 15 is 0 Å². The van der Waals surface area contributed by atoms with Gasteiger partial charge in [-0.2, -0.15) is 0 Å². The molecule has 0 radical (unpaired) electrons. The van der Waals surface area contributed by atoms with E-state index in [0.717, 1.165) is 31.5 Å². The molecule has 0 unspecified atom stereocenters. The molecule has 0 amide bonds. The maximum atomic E-state index is 14.0. The summed E-state index contributed by atoms with van der Waals surface area (Å²) in [5.41, 5.74) is -3.11. The van der Waals surface area contributed by atoms with Crippen molar-refractivity contribution in [1.29, 1.82) is 0 Å². The van der Waals surface area contributed by atoms with Crippen molar-refractivity contribution in [3.63, 3.8) is 0 Å². The Morgan fingerprint density at radius 2 is 1.13 bits per heavy atom. The highest BCUT2D eigenvalue weighted by Gasteiger charge is 2.58. The van der Waals surface area contributed by atoms with Gasteiger partial charge in [0, 0.05) is 6.20 Å². The molecule has 1 aromatic heterocycles. The van der Waals surface area contributed by atoms with Gasteiger partial charge in [-0.1, -0.05) is 163 Å². The molecule has 0 spiro atoms. The van der Waals surface area contributed by atoms with Gasteiger partial charge in [-0.15, -0.1) is 0 Å². The van der Waals surface area contributed by atoms with E-state index < -0.39 is 74.5 Å². The monoisotopic (exact) mass is 770 g/mol. The first-order chi connectivity index (χ1) is 25.6. The molecule has 2 heterocycles. The predicted octanol–water partition coefficient (Wildman–Crippen LogP) is 5.25. The summed E-state index contributed by atoms with van der Waals surface area (Å²) in [4.78, 5) is 27.6. The normalized spacial score (nSPS) is 19.7. The number of nitrogens with one attached hydrogen (secondary N) is 1. The van der Waals surface area contributed by atoms with E-state index in [2.05, 4.69) is 65.8 Å². The third kappa shape index (κ3) is 7.14. The van der Waals surface area contributed by atoms with Gasteiger partial charge >= 0.3 is 5.69 Å². The zero-order valence-corrected chi connectivity index (χ0v) is 33.4. The Morgan fingerprint density at radius 3 is 1.52 bits per heavy atom. The first-order valence-corrected chi connectivity index (χ1v) is 21.9. The predicted molar refractivity (Wildman–Crippen MR) is 212 cm³/mol. The molecule has 2 N–H and O–H groups in total. The Kier molecular flexibility index (Phi) is 11.3. The molecule has 1 fully saturated rings. The second-order valence-electron chi connectivity index (χ2n) is 15.8. The molecule has 1 aliphatic heterocycles. The Bertz CT molecular complexity index is 2040. The Hall–Kier alpha value is -4.31. The van der Waals surface area contributed by atoms with E-state index in [0.29, 0.717) is 0 Å². The number of hydrogen-bond donors (Lipinski definition) is 2. The number of aromatic amines is 1. The van der Waals surface area contributed by atoms with Crippen molar-refractivity contribution in [3.05, 3.63) is 154 Å².